The predicted molar refractivity (Wildman–Crippen MR) is 90.7 cm³/mol. The van der Waals surface area contributed by atoms with E-state index in [1.807, 2.05) is 18.2 Å². The molecule has 0 bridgehead atoms. The van der Waals surface area contributed by atoms with Crippen molar-refractivity contribution >= 4 is 34.4 Å². The van der Waals surface area contributed by atoms with Gasteiger partial charge in [-0.15, -0.1) is 0 Å². The molecule has 120 valence electrons. The number of hydrogen-bond acceptors (Lipinski definition) is 5. The van der Waals surface area contributed by atoms with Crippen molar-refractivity contribution in [3.63, 3.8) is 0 Å². The van der Waals surface area contributed by atoms with Gasteiger partial charge in [0, 0.05) is 30.4 Å². The molecule has 0 radical (unpaired) electrons. The van der Waals surface area contributed by atoms with Crippen molar-refractivity contribution < 1.29 is 9.18 Å². The zero-order chi connectivity index (χ0) is 17.0. The topological polar surface area (TPSA) is 92.7 Å². The number of nitrogens with two attached hydrogens (primary N) is 1. The van der Waals surface area contributed by atoms with Crippen LogP contribution in [0.15, 0.2) is 40.6 Å². The summed E-state index contributed by atoms with van der Waals surface area (Å²) in [6.07, 6.45) is 3.16. The van der Waals surface area contributed by atoms with Crippen molar-refractivity contribution in [3.8, 4) is 0 Å². The smallest absolute Gasteiger partial charge is 0.262 e. The minimum atomic E-state index is -1.98. The number of carbonyl (C=O) groups is 1. The summed E-state index contributed by atoms with van der Waals surface area (Å²) in [5, 5.41) is 7.83. The largest absolute Gasteiger partial charge is 0.323 e. The summed E-state index contributed by atoms with van der Waals surface area (Å²) >= 11 is 0. The molecule has 1 heterocycles. The first-order chi connectivity index (χ1) is 10.8. The van der Waals surface area contributed by atoms with Crippen molar-refractivity contribution in [1.29, 1.82) is 0 Å². The molecule has 0 aliphatic carbocycles. The monoisotopic (exact) mass is 315 g/mol. The van der Waals surface area contributed by atoms with Crippen LogP contribution in [0.5, 0.6) is 0 Å². The Morgan fingerprint density at radius 2 is 2.09 bits per heavy atom. The van der Waals surface area contributed by atoms with Gasteiger partial charge >= 0.3 is 0 Å². The molecule has 6 nitrogen and oxygen atoms in total. The van der Waals surface area contributed by atoms with Crippen molar-refractivity contribution in [2.45, 2.75) is 19.5 Å². The van der Waals surface area contributed by atoms with Gasteiger partial charge in [0.05, 0.1) is 0 Å². The fourth-order valence-electron chi connectivity index (χ4n) is 1.94. The number of halogens is 1. The van der Waals surface area contributed by atoms with Gasteiger partial charge in [-0.1, -0.05) is 12.1 Å². The molecule has 1 amide bonds. The van der Waals surface area contributed by atoms with E-state index in [-0.39, 0.29) is 5.82 Å². The molecule has 7 heteroatoms. The highest BCUT2D eigenvalue weighted by molar-refractivity contribution is 6.38. The lowest BCUT2D eigenvalue weighted by Gasteiger charge is -2.13. The number of carbonyl (C=O) groups excluding carboxylic acids is 1. The highest BCUT2D eigenvalue weighted by Crippen LogP contribution is 2.20. The minimum Gasteiger partial charge on any atom is -0.323 e. The van der Waals surface area contributed by atoms with Gasteiger partial charge in [0.1, 0.15) is 11.5 Å². The number of nitrogens with one attached hydrogen (secondary N) is 1. The Hall–Kier alpha value is -2.83. The molecular weight excluding hydrogens is 297 g/mol. The summed E-state index contributed by atoms with van der Waals surface area (Å²) in [6, 6.07) is 7.22. The molecule has 3 N–H and O–H groups in total. The van der Waals surface area contributed by atoms with Crippen molar-refractivity contribution in [1.82, 2.24) is 4.98 Å². The highest BCUT2D eigenvalue weighted by atomic mass is 19.1. The number of hydrogen-bond donors (Lipinski definition) is 2. The Morgan fingerprint density at radius 3 is 2.70 bits per heavy atom. The Morgan fingerprint density at radius 1 is 1.35 bits per heavy atom. The molecule has 1 aromatic heterocycles. The molecule has 2 rings (SSSR count). The average molecular weight is 315 g/mol. The number of rotatable bonds is 4. The summed E-state index contributed by atoms with van der Waals surface area (Å²) in [4.78, 5) is 19.7. The summed E-state index contributed by atoms with van der Waals surface area (Å²) < 4.78 is 13.6. The molecule has 0 aliphatic heterocycles. The van der Waals surface area contributed by atoms with Crippen molar-refractivity contribution in [2.24, 2.45) is 15.9 Å². The molecule has 0 spiro atoms. The molecule has 0 saturated heterocycles. The fourth-order valence-corrected chi connectivity index (χ4v) is 1.94. The number of anilines is 1. The number of alkyl halides is 1. The molecule has 0 unspecified atom stereocenters. The van der Waals surface area contributed by atoms with Crippen molar-refractivity contribution in [3.05, 3.63) is 36.0 Å². The number of hydrazone groups is 1. The number of amides is 1. The van der Waals surface area contributed by atoms with Crippen LogP contribution in [0.1, 0.15) is 19.4 Å². The number of nitrogens with zero attached hydrogens (tertiary/aromatic N) is 3. The third-order valence-electron chi connectivity index (χ3n) is 3.19. The van der Waals surface area contributed by atoms with Gasteiger partial charge < -0.3 is 11.2 Å². The van der Waals surface area contributed by atoms with Crippen LogP contribution in [0.3, 0.4) is 0 Å². The normalized spacial score (nSPS) is 12.8. The Kier molecular flexibility index (Phi) is 4.68. The van der Waals surface area contributed by atoms with E-state index in [0.717, 1.165) is 16.3 Å². The van der Waals surface area contributed by atoms with Crippen LogP contribution in [-0.4, -0.2) is 35.5 Å². The van der Waals surface area contributed by atoms with Gasteiger partial charge in [-0.25, -0.2) is 9.37 Å². The number of aliphatic imine (C=N–C) groups is 1. The van der Waals surface area contributed by atoms with Gasteiger partial charge in [-0.2, -0.15) is 5.10 Å². The average Bonchev–Trinajstić information content (AvgIpc) is 2.51. The van der Waals surface area contributed by atoms with E-state index in [1.54, 1.807) is 25.5 Å². The van der Waals surface area contributed by atoms with E-state index in [0.29, 0.717) is 5.71 Å². The quantitative estimate of drug-likeness (QED) is 0.515. The lowest BCUT2D eigenvalue weighted by molar-refractivity contribution is -0.125. The molecule has 23 heavy (non-hydrogen) atoms. The maximum atomic E-state index is 13.6. The van der Waals surface area contributed by atoms with E-state index in [1.165, 1.54) is 13.8 Å². The molecular formula is C16H18FN5O. The van der Waals surface area contributed by atoms with Gasteiger partial charge in [0.15, 0.2) is 5.67 Å². The lowest BCUT2D eigenvalue weighted by Crippen LogP contribution is -2.32. The minimum absolute atomic E-state index is 0.278. The molecule has 1 aromatic carbocycles. The van der Waals surface area contributed by atoms with E-state index in [9.17, 15) is 9.18 Å². The third kappa shape index (κ3) is 3.88. The van der Waals surface area contributed by atoms with Crippen LogP contribution in [0.4, 0.5) is 10.2 Å². The first-order valence-electron chi connectivity index (χ1n) is 6.95. The molecule has 0 saturated carbocycles. The summed E-state index contributed by atoms with van der Waals surface area (Å²) in [5.41, 5.74) is -0.670. The van der Waals surface area contributed by atoms with E-state index < -0.39 is 11.6 Å². The number of pyridine rings is 1. The predicted octanol–water partition coefficient (Wildman–Crippen LogP) is 2.28. The lowest BCUT2D eigenvalue weighted by atomic mass is 10.1. The second-order valence-electron chi connectivity index (χ2n) is 5.46. The van der Waals surface area contributed by atoms with Gasteiger partial charge in [-0.05, 0) is 31.4 Å². The van der Waals surface area contributed by atoms with Crippen LogP contribution < -0.4 is 11.2 Å². The Balaban J connectivity index is 2.40. The molecule has 0 fully saturated rings. The van der Waals surface area contributed by atoms with E-state index in [4.69, 9.17) is 5.84 Å². The number of aromatic nitrogens is 1. The van der Waals surface area contributed by atoms with Crippen LogP contribution in [0.25, 0.3) is 10.8 Å². The number of benzene rings is 1. The molecule has 0 aliphatic rings. The van der Waals surface area contributed by atoms with Crippen LogP contribution in [-0.2, 0) is 4.79 Å². The maximum absolute atomic E-state index is 13.6. The third-order valence-corrected chi connectivity index (χ3v) is 3.19. The van der Waals surface area contributed by atoms with Gasteiger partial charge in [0.2, 0.25) is 0 Å². The first kappa shape index (κ1) is 16.5. The van der Waals surface area contributed by atoms with E-state index in [2.05, 4.69) is 20.4 Å². The van der Waals surface area contributed by atoms with Gasteiger partial charge in [-0.3, -0.25) is 9.79 Å². The standard InChI is InChI=1S/C16H18FN5O/c1-16(2,17)15(23)21-14-7-12-6-10(13(22-18)9-19-3)4-5-11(12)8-20-14/h4-9H,18H2,1-3H3,(H,20,21,23). The zero-order valence-corrected chi connectivity index (χ0v) is 13.2. The van der Waals surface area contributed by atoms with Gasteiger partial charge in [0.25, 0.3) is 5.91 Å². The number of fused-ring (bicyclic) bond motifs is 1. The summed E-state index contributed by atoms with van der Waals surface area (Å²) in [7, 11) is 1.63. The second-order valence-corrected chi connectivity index (χ2v) is 5.46. The Bertz CT molecular complexity index is 793. The van der Waals surface area contributed by atoms with Crippen LogP contribution >= 0.6 is 0 Å². The fraction of sp³-hybridized carbons (Fsp3) is 0.250. The second kappa shape index (κ2) is 6.51. The maximum Gasteiger partial charge on any atom is 0.262 e. The summed E-state index contributed by atoms with van der Waals surface area (Å²) in [5.74, 6) is 4.90. The van der Waals surface area contributed by atoms with E-state index >= 15 is 0 Å². The van der Waals surface area contributed by atoms with Crippen LogP contribution in [0, 0.1) is 0 Å². The summed E-state index contributed by atoms with van der Waals surface area (Å²) in [6.45, 7) is 2.38. The SMILES string of the molecule is CN=CC(=NN)c1ccc2cnc(NC(=O)C(C)(C)F)cc2c1. The first-order valence-corrected chi connectivity index (χ1v) is 6.95. The molecule has 0 atom stereocenters. The molecule has 2 aromatic rings. The van der Waals surface area contributed by atoms with Crippen LogP contribution in [0.2, 0.25) is 0 Å². The van der Waals surface area contributed by atoms with Crippen molar-refractivity contribution in [2.75, 3.05) is 12.4 Å². The Labute approximate surface area is 133 Å². The highest BCUT2D eigenvalue weighted by Gasteiger charge is 2.26. The zero-order valence-electron chi connectivity index (χ0n) is 13.2.